The lowest BCUT2D eigenvalue weighted by Crippen LogP contribution is -2.32. The van der Waals surface area contributed by atoms with Crippen LogP contribution in [0.25, 0.3) is 10.9 Å². The van der Waals surface area contributed by atoms with Crippen molar-refractivity contribution >= 4 is 51.2 Å². The van der Waals surface area contributed by atoms with Gasteiger partial charge in [-0.05, 0) is 55.2 Å². The average molecular weight is 481 g/mol. The number of carbonyl (C=O) groups excluding carboxylic acids is 3. The van der Waals surface area contributed by atoms with Crippen LogP contribution >= 0.6 is 11.3 Å². The SMILES string of the molecule is CCOC(=O)c1c(NC(=O)C(=O)N/N=C/c2cc3ccccc3[nH]c2=O)sc2c1CCC(C)C2. The number of hydrogen-bond donors (Lipinski definition) is 3. The smallest absolute Gasteiger partial charge is 0.341 e. The van der Waals surface area contributed by atoms with Crippen molar-refractivity contribution in [3.63, 3.8) is 0 Å². The fourth-order valence-electron chi connectivity index (χ4n) is 3.89. The monoisotopic (exact) mass is 480 g/mol. The number of H-pyrrole nitrogens is 1. The van der Waals surface area contributed by atoms with Gasteiger partial charge >= 0.3 is 17.8 Å². The number of hydrogen-bond acceptors (Lipinski definition) is 7. The van der Waals surface area contributed by atoms with Crippen LogP contribution in [-0.2, 0) is 27.2 Å². The van der Waals surface area contributed by atoms with E-state index in [0.29, 0.717) is 28.4 Å². The molecule has 3 N–H and O–H groups in total. The van der Waals surface area contributed by atoms with Gasteiger partial charge in [-0.3, -0.25) is 14.4 Å². The van der Waals surface area contributed by atoms with Gasteiger partial charge < -0.3 is 15.0 Å². The first-order valence-electron chi connectivity index (χ1n) is 11.0. The molecular formula is C24H24N4O5S. The number of amides is 2. The Balaban J connectivity index is 1.48. The number of para-hydroxylation sites is 1. The second-order valence-corrected chi connectivity index (χ2v) is 9.18. The number of benzene rings is 1. The molecule has 2 heterocycles. The second kappa shape index (κ2) is 10.0. The maximum absolute atomic E-state index is 12.6. The zero-order valence-electron chi connectivity index (χ0n) is 18.8. The molecule has 1 aliphatic carbocycles. The standard InChI is InChI=1S/C24H24N4O5S/c1-3-33-24(32)19-16-9-8-13(2)10-18(16)34-23(19)27-21(30)22(31)28-25-12-15-11-14-6-4-5-7-17(14)26-20(15)29/h4-7,11-13H,3,8-10H2,1-2H3,(H,26,29)(H,27,30)(H,28,31)/b25-12+. The van der Waals surface area contributed by atoms with E-state index in [0.717, 1.165) is 28.7 Å². The molecule has 3 aromatic rings. The molecule has 0 saturated carbocycles. The predicted octanol–water partition coefficient (Wildman–Crippen LogP) is 2.98. The van der Waals surface area contributed by atoms with Crippen LogP contribution in [0.3, 0.4) is 0 Å². The van der Waals surface area contributed by atoms with Gasteiger partial charge in [-0.1, -0.05) is 25.1 Å². The molecular weight excluding hydrogens is 456 g/mol. The largest absolute Gasteiger partial charge is 0.462 e. The van der Waals surface area contributed by atoms with Crippen LogP contribution < -0.4 is 16.3 Å². The molecule has 0 aliphatic heterocycles. The Labute approximate surface area is 199 Å². The first kappa shape index (κ1) is 23.4. The first-order valence-corrected chi connectivity index (χ1v) is 11.8. The molecule has 1 atom stereocenters. The number of fused-ring (bicyclic) bond motifs is 2. The molecule has 34 heavy (non-hydrogen) atoms. The maximum Gasteiger partial charge on any atom is 0.341 e. The highest BCUT2D eigenvalue weighted by atomic mass is 32.1. The molecule has 4 rings (SSSR count). The van der Waals surface area contributed by atoms with E-state index in [1.165, 1.54) is 17.6 Å². The van der Waals surface area contributed by atoms with E-state index in [1.807, 2.05) is 18.2 Å². The third kappa shape index (κ3) is 4.91. The molecule has 0 saturated heterocycles. The molecule has 10 heteroatoms. The van der Waals surface area contributed by atoms with Crippen LogP contribution in [0.5, 0.6) is 0 Å². The van der Waals surface area contributed by atoms with Crippen LogP contribution in [-0.4, -0.2) is 35.6 Å². The van der Waals surface area contributed by atoms with Crippen molar-refractivity contribution in [2.75, 3.05) is 11.9 Å². The Hall–Kier alpha value is -3.79. The number of ether oxygens (including phenoxy) is 1. The number of pyridine rings is 1. The van der Waals surface area contributed by atoms with Gasteiger partial charge in [0.25, 0.3) is 5.56 Å². The molecule has 0 bridgehead atoms. The van der Waals surface area contributed by atoms with Crippen LogP contribution in [0.15, 0.2) is 40.2 Å². The van der Waals surface area contributed by atoms with Crippen LogP contribution in [0.4, 0.5) is 5.00 Å². The number of aromatic amines is 1. The van der Waals surface area contributed by atoms with Crippen molar-refractivity contribution < 1.29 is 19.1 Å². The van der Waals surface area contributed by atoms with Gasteiger partial charge in [0, 0.05) is 10.4 Å². The number of nitrogens with one attached hydrogen (secondary N) is 3. The molecule has 176 valence electrons. The molecule has 2 aromatic heterocycles. The Kier molecular flexibility index (Phi) is 6.87. The Morgan fingerprint density at radius 1 is 1.26 bits per heavy atom. The highest BCUT2D eigenvalue weighted by molar-refractivity contribution is 7.17. The summed E-state index contributed by atoms with van der Waals surface area (Å²) in [5.41, 5.74) is 3.85. The number of thiophene rings is 1. The predicted molar refractivity (Wildman–Crippen MR) is 130 cm³/mol. The van der Waals surface area contributed by atoms with Gasteiger partial charge in [-0.15, -0.1) is 11.3 Å². The van der Waals surface area contributed by atoms with Crippen molar-refractivity contribution in [3.8, 4) is 0 Å². The first-order chi connectivity index (χ1) is 16.4. The number of anilines is 1. The van der Waals surface area contributed by atoms with Crippen molar-refractivity contribution in [2.45, 2.75) is 33.1 Å². The zero-order chi connectivity index (χ0) is 24.2. The third-order valence-electron chi connectivity index (χ3n) is 5.58. The lowest BCUT2D eigenvalue weighted by atomic mass is 9.88. The lowest BCUT2D eigenvalue weighted by Gasteiger charge is -2.18. The van der Waals surface area contributed by atoms with E-state index in [-0.39, 0.29) is 17.7 Å². The van der Waals surface area contributed by atoms with E-state index < -0.39 is 17.8 Å². The minimum Gasteiger partial charge on any atom is -0.462 e. The van der Waals surface area contributed by atoms with Crippen molar-refractivity contribution in [2.24, 2.45) is 11.0 Å². The van der Waals surface area contributed by atoms with Gasteiger partial charge in [-0.2, -0.15) is 5.10 Å². The number of nitrogens with zero attached hydrogens (tertiary/aromatic N) is 1. The van der Waals surface area contributed by atoms with E-state index in [1.54, 1.807) is 19.1 Å². The van der Waals surface area contributed by atoms with E-state index >= 15 is 0 Å². The number of rotatable bonds is 5. The molecule has 0 fully saturated rings. The lowest BCUT2D eigenvalue weighted by molar-refractivity contribution is -0.136. The highest BCUT2D eigenvalue weighted by Crippen LogP contribution is 2.40. The van der Waals surface area contributed by atoms with Crippen LogP contribution in [0, 0.1) is 5.92 Å². The van der Waals surface area contributed by atoms with Crippen molar-refractivity contribution in [1.82, 2.24) is 10.4 Å². The zero-order valence-corrected chi connectivity index (χ0v) is 19.6. The average Bonchev–Trinajstić information content (AvgIpc) is 3.16. The molecule has 9 nitrogen and oxygen atoms in total. The molecule has 0 radical (unpaired) electrons. The van der Waals surface area contributed by atoms with E-state index in [2.05, 4.69) is 27.8 Å². The summed E-state index contributed by atoms with van der Waals surface area (Å²) in [4.78, 5) is 53.3. The van der Waals surface area contributed by atoms with Gasteiger partial charge in [0.05, 0.1) is 23.9 Å². The van der Waals surface area contributed by atoms with E-state index in [4.69, 9.17) is 4.74 Å². The second-order valence-electron chi connectivity index (χ2n) is 8.07. The summed E-state index contributed by atoms with van der Waals surface area (Å²) >= 11 is 1.29. The summed E-state index contributed by atoms with van der Waals surface area (Å²) in [6, 6.07) is 8.88. The summed E-state index contributed by atoms with van der Waals surface area (Å²) < 4.78 is 5.18. The Morgan fingerprint density at radius 2 is 2.06 bits per heavy atom. The maximum atomic E-state index is 12.6. The summed E-state index contributed by atoms with van der Waals surface area (Å²) in [6.07, 6.45) is 3.63. The number of aromatic nitrogens is 1. The number of carbonyl (C=O) groups is 3. The molecule has 1 unspecified atom stereocenters. The summed E-state index contributed by atoms with van der Waals surface area (Å²) in [5.74, 6) is -2.04. The molecule has 0 spiro atoms. The Bertz CT molecular complexity index is 1360. The fourth-order valence-corrected chi connectivity index (χ4v) is 5.28. The quantitative estimate of drug-likeness (QED) is 0.224. The summed E-state index contributed by atoms with van der Waals surface area (Å²) in [5, 5.41) is 7.37. The minimum absolute atomic E-state index is 0.205. The number of esters is 1. The topological polar surface area (TPSA) is 130 Å². The van der Waals surface area contributed by atoms with E-state index in [9.17, 15) is 19.2 Å². The number of hydrazone groups is 1. The highest BCUT2D eigenvalue weighted by Gasteiger charge is 2.30. The summed E-state index contributed by atoms with van der Waals surface area (Å²) in [6.45, 7) is 4.05. The van der Waals surface area contributed by atoms with Crippen LogP contribution in [0.2, 0.25) is 0 Å². The van der Waals surface area contributed by atoms with Gasteiger partial charge in [0.1, 0.15) is 5.00 Å². The van der Waals surface area contributed by atoms with Gasteiger partial charge in [-0.25, -0.2) is 10.2 Å². The fraction of sp³-hybridized carbons (Fsp3) is 0.292. The van der Waals surface area contributed by atoms with Crippen molar-refractivity contribution in [3.05, 3.63) is 62.3 Å². The third-order valence-corrected chi connectivity index (χ3v) is 6.75. The van der Waals surface area contributed by atoms with Crippen LogP contribution in [0.1, 0.15) is 46.6 Å². The Morgan fingerprint density at radius 3 is 2.85 bits per heavy atom. The molecule has 1 aromatic carbocycles. The molecule has 1 aliphatic rings. The normalized spacial score (nSPS) is 15.2. The minimum atomic E-state index is -1.02. The summed E-state index contributed by atoms with van der Waals surface area (Å²) in [7, 11) is 0. The molecule has 2 amide bonds. The van der Waals surface area contributed by atoms with Gasteiger partial charge in [0.2, 0.25) is 0 Å². The van der Waals surface area contributed by atoms with Gasteiger partial charge in [0.15, 0.2) is 0 Å². The van der Waals surface area contributed by atoms with Crippen molar-refractivity contribution in [1.29, 1.82) is 0 Å².